The van der Waals surface area contributed by atoms with Crippen molar-refractivity contribution in [2.75, 3.05) is 0 Å². The lowest BCUT2D eigenvalue weighted by Crippen LogP contribution is -2.15. The second-order valence-electron chi connectivity index (χ2n) is 8.60. The van der Waals surface area contributed by atoms with Crippen LogP contribution in [0.15, 0.2) is 34.9 Å². The van der Waals surface area contributed by atoms with E-state index < -0.39 is 53.6 Å². The minimum Gasteiger partial charge on any atom is -0.393 e. The molecule has 0 aromatic heterocycles. The van der Waals surface area contributed by atoms with Gasteiger partial charge in [-0.15, -0.1) is 0 Å². The Kier molecular flexibility index (Phi) is 6.67. The SMILES string of the molecule is O=C1CC(/C2=C\CC/C=C(/C3CC(=O)OC3=O)CC/C(C3CC(=O)OC3=O)=C/CC2)C(=O)O1. The molecule has 174 valence electrons. The lowest BCUT2D eigenvalue weighted by atomic mass is 9.85. The van der Waals surface area contributed by atoms with E-state index in [1.165, 1.54) is 0 Å². The summed E-state index contributed by atoms with van der Waals surface area (Å²) < 4.78 is 14.1. The van der Waals surface area contributed by atoms with Crippen LogP contribution in [-0.2, 0) is 43.0 Å². The summed E-state index contributed by atoms with van der Waals surface area (Å²) in [6, 6.07) is 0. The fourth-order valence-corrected chi connectivity index (χ4v) is 4.78. The first-order chi connectivity index (χ1) is 15.8. The summed E-state index contributed by atoms with van der Waals surface area (Å²) in [7, 11) is 0. The van der Waals surface area contributed by atoms with Crippen LogP contribution in [0, 0.1) is 17.8 Å². The van der Waals surface area contributed by atoms with Crippen LogP contribution in [0.1, 0.15) is 57.8 Å². The average molecular weight is 456 g/mol. The maximum Gasteiger partial charge on any atom is 0.321 e. The van der Waals surface area contributed by atoms with Gasteiger partial charge in [0.15, 0.2) is 0 Å². The molecule has 4 aliphatic rings. The van der Waals surface area contributed by atoms with E-state index in [4.69, 9.17) is 14.2 Å². The molecule has 0 saturated carbocycles. The van der Waals surface area contributed by atoms with Gasteiger partial charge in [0.25, 0.3) is 0 Å². The van der Waals surface area contributed by atoms with Crippen molar-refractivity contribution in [2.24, 2.45) is 17.8 Å². The van der Waals surface area contributed by atoms with Crippen LogP contribution >= 0.6 is 0 Å². The molecule has 1 aliphatic carbocycles. The van der Waals surface area contributed by atoms with Crippen molar-refractivity contribution in [3.63, 3.8) is 0 Å². The van der Waals surface area contributed by atoms with Crippen molar-refractivity contribution >= 4 is 35.8 Å². The highest BCUT2D eigenvalue weighted by atomic mass is 16.6. The molecule has 33 heavy (non-hydrogen) atoms. The molecule has 0 amide bonds. The highest BCUT2D eigenvalue weighted by molar-refractivity contribution is 5.97. The first-order valence-corrected chi connectivity index (χ1v) is 11.1. The molecule has 3 saturated heterocycles. The molecule has 0 aromatic carbocycles. The van der Waals surface area contributed by atoms with Gasteiger partial charge >= 0.3 is 35.8 Å². The molecule has 0 N–H and O–H groups in total. The number of rotatable bonds is 3. The lowest BCUT2D eigenvalue weighted by Gasteiger charge is -2.17. The van der Waals surface area contributed by atoms with Crippen molar-refractivity contribution in [1.82, 2.24) is 0 Å². The molecule has 3 atom stereocenters. The molecule has 9 heteroatoms. The van der Waals surface area contributed by atoms with E-state index in [9.17, 15) is 28.8 Å². The van der Waals surface area contributed by atoms with E-state index in [2.05, 4.69) is 0 Å². The third-order valence-corrected chi connectivity index (χ3v) is 6.47. The Morgan fingerprint density at radius 2 is 0.818 bits per heavy atom. The van der Waals surface area contributed by atoms with Crippen LogP contribution in [-0.4, -0.2) is 35.8 Å². The maximum absolute atomic E-state index is 12.2. The average Bonchev–Trinajstić information content (AvgIpc) is 3.38. The second kappa shape index (κ2) is 9.64. The van der Waals surface area contributed by atoms with Crippen molar-refractivity contribution < 1.29 is 43.0 Å². The highest BCUT2D eigenvalue weighted by Gasteiger charge is 2.39. The van der Waals surface area contributed by atoms with Gasteiger partial charge in [-0.25, -0.2) is 0 Å². The Balaban J connectivity index is 1.61. The highest BCUT2D eigenvalue weighted by Crippen LogP contribution is 2.35. The smallest absolute Gasteiger partial charge is 0.321 e. The van der Waals surface area contributed by atoms with Crippen LogP contribution in [0.4, 0.5) is 0 Å². The molecule has 3 heterocycles. The molecule has 3 fully saturated rings. The first-order valence-electron chi connectivity index (χ1n) is 11.1. The number of hydrogen-bond acceptors (Lipinski definition) is 9. The molecule has 0 radical (unpaired) electrons. The van der Waals surface area contributed by atoms with Gasteiger partial charge in [-0.2, -0.15) is 0 Å². The maximum atomic E-state index is 12.2. The van der Waals surface area contributed by atoms with Crippen molar-refractivity contribution in [3.8, 4) is 0 Å². The van der Waals surface area contributed by atoms with Crippen molar-refractivity contribution in [3.05, 3.63) is 34.9 Å². The summed E-state index contributed by atoms with van der Waals surface area (Å²) in [5.41, 5.74) is 2.26. The molecular weight excluding hydrogens is 432 g/mol. The zero-order chi connectivity index (χ0) is 23.5. The predicted octanol–water partition coefficient (Wildman–Crippen LogP) is 2.39. The molecule has 0 aromatic rings. The fraction of sp³-hybridized carbons (Fsp3) is 0.500. The first kappa shape index (κ1) is 22.8. The largest absolute Gasteiger partial charge is 0.393 e. The van der Waals surface area contributed by atoms with Gasteiger partial charge in [0.2, 0.25) is 0 Å². The number of carbonyl (C=O) groups is 6. The van der Waals surface area contributed by atoms with E-state index in [1.54, 1.807) is 0 Å². The number of esters is 6. The standard InChI is InChI=1S/C24H24O9/c25-19-10-16(22(28)31-19)13-4-1-2-5-14(17-11-20(26)32-23(17)29)8-9-15(7-3-6-13)18-12-21(27)33-24(18)30/h4-5,7,16-18H,1-3,6,8-12H2/b13-4-,14-5+,15-7-. The predicted molar refractivity (Wildman–Crippen MR) is 110 cm³/mol. The summed E-state index contributed by atoms with van der Waals surface area (Å²) in [5, 5.41) is 0. The van der Waals surface area contributed by atoms with Crippen LogP contribution < -0.4 is 0 Å². The molecular formula is C24H24O9. The number of hydrogen-bond donors (Lipinski definition) is 0. The van der Waals surface area contributed by atoms with Crippen molar-refractivity contribution in [1.29, 1.82) is 0 Å². The third-order valence-electron chi connectivity index (χ3n) is 6.47. The summed E-state index contributed by atoms with van der Waals surface area (Å²) in [4.78, 5) is 71.4. The van der Waals surface area contributed by atoms with Gasteiger partial charge in [0.1, 0.15) is 0 Å². The Hall–Kier alpha value is -3.36. The van der Waals surface area contributed by atoms with E-state index in [1.807, 2.05) is 18.2 Å². The number of cyclic esters (lactones) is 6. The van der Waals surface area contributed by atoms with Crippen LogP contribution in [0.2, 0.25) is 0 Å². The fourth-order valence-electron chi connectivity index (χ4n) is 4.78. The van der Waals surface area contributed by atoms with E-state index in [0.29, 0.717) is 38.5 Å². The Morgan fingerprint density at radius 1 is 0.485 bits per heavy atom. The minimum atomic E-state index is -0.690. The van der Waals surface area contributed by atoms with Gasteiger partial charge in [-0.3, -0.25) is 28.8 Å². The second-order valence-corrected chi connectivity index (χ2v) is 8.60. The Bertz CT molecular complexity index is 1010. The van der Waals surface area contributed by atoms with E-state index >= 15 is 0 Å². The number of allylic oxidation sites excluding steroid dienone is 3. The Labute approximate surface area is 189 Å². The van der Waals surface area contributed by atoms with Gasteiger partial charge in [0.05, 0.1) is 37.0 Å². The molecule has 0 bridgehead atoms. The van der Waals surface area contributed by atoms with E-state index in [-0.39, 0.29) is 19.3 Å². The summed E-state index contributed by atoms with van der Waals surface area (Å²) >= 11 is 0. The van der Waals surface area contributed by atoms with E-state index in [0.717, 1.165) is 16.7 Å². The summed E-state index contributed by atoms with van der Waals surface area (Å²) in [6.45, 7) is 0. The van der Waals surface area contributed by atoms with Gasteiger partial charge in [0, 0.05) is 0 Å². The summed E-state index contributed by atoms with van der Waals surface area (Å²) in [6.07, 6.45) is 8.64. The normalized spacial score (nSPS) is 34.2. The minimum absolute atomic E-state index is 0.00179. The van der Waals surface area contributed by atoms with Gasteiger partial charge < -0.3 is 14.2 Å². The molecule has 4 rings (SSSR count). The lowest BCUT2D eigenvalue weighted by molar-refractivity contribution is -0.154. The Morgan fingerprint density at radius 3 is 1.15 bits per heavy atom. The van der Waals surface area contributed by atoms with Gasteiger partial charge in [-0.1, -0.05) is 34.9 Å². The van der Waals surface area contributed by atoms with Crippen LogP contribution in [0.3, 0.4) is 0 Å². The quantitative estimate of drug-likeness (QED) is 0.272. The zero-order valence-electron chi connectivity index (χ0n) is 18.0. The molecule has 0 spiro atoms. The van der Waals surface area contributed by atoms with Gasteiger partial charge in [-0.05, 0) is 38.5 Å². The molecule has 3 aliphatic heterocycles. The van der Waals surface area contributed by atoms with Crippen molar-refractivity contribution in [2.45, 2.75) is 57.8 Å². The molecule has 9 nitrogen and oxygen atoms in total. The number of ether oxygens (including phenoxy) is 3. The van der Waals surface area contributed by atoms with Crippen LogP contribution in [0.25, 0.3) is 0 Å². The third kappa shape index (κ3) is 5.18. The monoisotopic (exact) mass is 456 g/mol. The molecule has 3 unspecified atom stereocenters. The number of carbonyl (C=O) groups excluding carboxylic acids is 6. The summed E-state index contributed by atoms with van der Waals surface area (Å²) in [5.74, 6) is -5.41. The zero-order valence-corrected chi connectivity index (χ0v) is 18.0. The topological polar surface area (TPSA) is 130 Å². The van der Waals surface area contributed by atoms with Crippen LogP contribution in [0.5, 0.6) is 0 Å².